The molecular weight excluding hydrogens is 350 g/mol. The number of nitrogens with one attached hydrogen (secondary N) is 1. The summed E-state index contributed by atoms with van der Waals surface area (Å²) in [5.41, 5.74) is 2.58. The van der Waals surface area contributed by atoms with Gasteiger partial charge in [-0.2, -0.15) is 5.10 Å². The van der Waals surface area contributed by atoms with Crippen molar-refractivity contribution in [1.29, 1.82) is 0 Å². The van der Waals surface area contributed by atoms with Gasteiger partial charge in [0.1, 0.15) is 6.04 Å². The highest BCUT2D eigenvalue weighted by atomic mass is 32.1. The van der Waals surface area contributed by atoms with Gasteiger partial charge in [-0.1, -0.05) is 6.07 Å². The molecule has 4 rings (SSSR count). The fourth-order valence-electron chi connectivity index (χ4n) is 3.08. The van der Waals surface area contributed by atoms with Gasteiger partial charge in [-0.3, -0.25) is 9.48 Å². The van der Waals surface area contributed by atoms with Crippen LogP contribution in [-0.4, -0.2) is 29.0 Å². The number of hydrogen-bond donors (Lipinski definition) is 1. The zero-order valence-corrected chi connectivity index (χ0v) is 15.4. The second-order valence-corrected chi connectivity index (χ2v) is 7.16. The summed E-state index contributed by atoms with van der Waals surface area (Å²) < 4.78 is 12.6. The maximum absolute atomic E-state index is 12.6. The Bertz CT molecular complexity index is 934. The van der Waals surface area contributed by atoms with E-state index >= 15 is 0 Å². The molecule has 2 aromatic heterocycles. The maximum Gasteiger partial charge on any atom is 0.251 e. The normalized spacial score (nSPS) is 13.6. The largest absolute Gasteiger partial charge is 0.454 e. The van der Waals surface area contributed by atoms with E-state index in [2.05, 4.69) is 16.5 Å². The number of hydrogen-bond acceptors (Lipinski definition) is 5. The summed E-state index contributed by atoms with van der Waals surface area (Å²) in [6.45, 7) is 4.65. The summed E-state index contributed by atoms with van der Waals surface area (Å²) >= 11 is 1.66. The fraction of sp³-hybridized carbons (Fsp3) is 0.263. The minimum atomic E-state index is -0.147. The molecule has 1 aliphatic rings. The summed E-state index contributed by atoms with van der Waals surface area (Å²) in [5, 5.41) is 9.66. The van der Waals surface area contributed by atoms with Crippen LogP contribution in [-0.2, 0) is 0 Å². The molecule has 3 heterocycles. The third-order valence-electron chi connectivity index (χ3n) is 4.30. The molecule has 1 amide bonds. The fourth-order valence-corrected chi connectivity index (χ4v) is 3.89. The van der Waals surface area contributed by atoms with E-state index in [0.717, 1.165) is 16.3 Å². The highest BCUT2D eigenvalue weighted by Crippen LogP contribution is 2.32. The highest BCUT2D eigenvalue weighted by molar-refractivity contribution is 7.10. The summed E-state index contributed by atoms with van der Waals surface area (Å²) in [4.78, 5) is 13.8. The zero-order chi connectivity index (χ0) is 18.1. The van der Waals surface area contributed by atoms with Gasteiger partial charge in [-0.25, -0.2) is 0 Å². The Balaban J connectivity index is 1.53. The molecular formula is C19H19N3O3S. The van der Waals surface area contributed by atoms with Crippen molar-refractivity contribution in [2.75, 3.05) is 13.3 Å². The van der Waals surface area contributed by atoms with Gasteiger partial charge in [-0.05, 0) is 49.6 Å². The SMILES string of the molecule is Cc1cc(C)n(C(CNC(=O)c2ccc3c(c2)OCO3)c2cccs2)n1. The lowest BCUT2D eigenvalue weighted by atomic mass is 10.1. The van der Waals surface area contributed by atoms with Crippen molar-refractivity contribution >= 4 is 17.2 Å². The van der Waals surface area contributed by atoms with Crippen LogP contribution in [0.3, 0.4) is 0 Å². The Morgan fingerprint density at radius 1 is 1.27 bits per heavy atom. The standard InChI is InChI=1S/C19H19N3O3S/c1-12-8-13(2)22(21-12)15(18-4-3-7-26-18)10-20-19(23)14-5-6-16-17(9-14)25-11-24-16/h3-9,15H,10-11H2,1-2H3,(H,20,23). The van der Waals surface area contributed by atoms with E-state index in [1.165, 1.54) is 0 Å². The average Bonchev–Trinajstić information content (AvgIpc) is 3.36. The Kier molecular flexibility index (Phi) is 4.38. The second kappa shape index (κ2) is 6.84. The Morgan fingerprint density at radius 2 is 2.12 bits per heavy atom. The molecule has 1 aliphatic heterocycles. The summed E-state index contributed by atoms with van der Waals surface area (Å²) in [6, 6.07) is 11.3. The van der Waals surface area contributed by atoms with Gasteiger partial charge < -0.3 is 14.8 Å². The van der Waals surface area contributed by atoms with Crippen LogP contribution in [0.15, 0.2) is 41.8 Å². The van der Waals surface area contributed by atoms with Crippen LogP contribution in [0, 0.1) is 13.8 Å². The van der Waals surface area contributed by atoms with Gasteiger partial charge in [-0.15, -0.1) is 11.3 Å². The van der Waals surface area contributed by atoms with Gasteiger partial charge in [0.05, 0.1) is 5.69 Å². The number of rotatable bonds is 5. The lowest BCUT2D eigenvalue weighted by Gasteiger charge is -2.19. The molecule has 0 aliphatic carbocycles. The van der Waals surface area contributed by atoms with E-state index < -0.39 is 0 Å². The minimum absolute atomic E-state index is 0.0401. The van der Waals surface area contributed by atoms with Gasteiger partial charge in [0.15, 0.2) is 11.5 Å². The third-order valence-corrected chi connectivity index (χ3v) is 5.28. The number of fused-ring (bicyclic) bond motifs is 1. The molecule has 1 atom stereocenters. The number of nitrogens with zero attached hydrogens (tertiary/aromatic N) is 2. The number of ether oxygens (including phenoxy) is 2. The third kappa shape index (κ3) is 3.17. The number of carbonyl (C=O) groups is 1. The summed E-state index contributed by atoms with van der Waals surface area (Å²) in [7, 11) is 0. The van der Waals surface area contributed by atoms with Crippen molar-refractivity contribution in [3.05, 3.63) is 63.6 Å². The zero-order valence-electron chi connectivity index (χ0n) is 14.6. The molecule has 0 fully saturated rings. The van der Waals surface area contributed by atoms with Gasteiger partial charge in [0.2, 0.25) is 6.79 Å². The summed E-state index contributed by atoms with van der Waals surface area (Å²) in [5.74, 6) is 1.12. The van der Waals surface area contributed by atoms with Gasteiger partial charge in [0, 0.05) is 22.7 Å². The molecule has 0 saturated heterocycles. The van der Waals surface area contributed by atoms with E-state index in [1.807, 2.05) is 36.0 Å². The smallest absolute Gasteiger partial charge is 0.251 e. The van der Waals surface area contributed by atoms with Crippen molar-refractivity contribution in [2.24, 2.45) is 0 Å². The van der Waals surface area contributed by atoms with Crippen LogP contribution in [0.1, 0.15) is 32.7 Å². The number of amides is 1. The van der Waals surface area contributed by atoms with Crippen molar-refractivity contribution in [3.8, 4) is 11.5 Å². The van der Waals surface area contributed by atoms with Crippen molar-refractivity contribution in [3.63, 3.8) is 0 Å². The number of aromatic nitrogens is 2. The van der Waals surface area contributed by atoms with E-state index in [0.29, 0.717) is 23.6 Å². The first-order valence-corrected chi connectivity index (χ1v) is 9.24. The maximum atomic E-state index is 12.6. The molecule has 1 unspecified atom stereocenters. The molecule has 0 radical (unpaired) electrons. The molecule has 6 nitrogen and oxygen atoms in total. The molecule has 0 spiro atoms. The van der Waals surface area contributed by atoms with Crippen LogP contribution in [0.5, 0.6) is 11.5 Å². The van der Waals surface area contributed by atoms with Crippen molar-refractivity contribution in [1.82, 2.24) is 15.1 Å². The van der Waals surface area contributed by atoms with E-state index in [4.69, 9.17) is 9.47 Å². The minimum Gasteiger partial charge on any atom is -0.454 e. The quantitative estimate of drug-likeness (QED) is 0.749. The number of aryl methyl sites for hydroxylation is 2. The molecule has 1 N–H and O–H groups in total. The molecule has 1 aromatic carbocycles. The number of carbonyl (C=O) groups excluding carboxylic acids is 1. The van der Waals surface area contributed by atoms with E-state index in [9.17, 15) is 4.79 Å². The lowest BCUT2D eigenvalue weighted by molar-refractivity contribution is 0.0948. The van der Waals surface area contributed by atoms with E-state index in [-0.39, 0.29) is 18.7 Å². The average molecular weight is 369 g/mol. The lowest BCUT2D eigenvalue weighted by Crippen LogP contribution is -2.31. The first-order chi connectivity index (χ1) is 12.6. The van der Waals surface area contributed by atoms with Crippen LogP contribution < -0.4 is 14.8 Å². The Hall–Kier alpha value is -2.80. The predicted molar refractivity (Wildman–Crippen MR) is 99.1 cm³/mol. The molecule has 0 bridgehead atoms. The van der Waals surface area contributed by atoms with Gasteiger partial charge in [0.25, 0.3) is 5.91 Å². The van der Waals surface area contributed by atoms with Gasteiger partial charge >= 0.3 is 0 Å². The van der Waals surface area contributed by atoms with Crippen LogP contribution >= 0.6 is 11.3 Å². The van der Waals surface area contributed by atoms with Crippen molar-refractivity contribution < 1.29 is 14.3 Å². The topological polar surface area (TPSA) is 65.4 Å². The Morgan fingerprint density at radius 3 is 2.85 bits per heavy atom. The van der Waals surface area contributed by atoms with Crippen LogP contribution in [0.2, 0.25) is 0 Å². The molecule has 7 heteroatoms. The monoisotopic (exact) mass is 369 g/mol. The second-order valence-electron chi connectivity index (χ2n) is 6.18. The number of benzene rings is 1. The molecule has 26 heavy (non-hydrogen) atoms. The molecule has 0 saturated carbocycles. The first-order valence-electron chi connectivity index (χ1n) is 8.36. The molecule has 134 valence electrons. The van der Waals surface area contributed by atoms with Crippen LogP contribution in [0.4, 0.5) is 0 Å². The predicted octanol–water partition coefficient (Wildman–Crippen LogP) is 3.31. The highest BCUT2D eigenvalue weighted by Gasteiger charge is 2.21. The van der Waals surface area contributed by atoms with Crippen LogP contribution in [0.25, 0.3) is 0 Å². The number of thiophene rings is 1. The van der Waals surface area contributed by atoms with Crippen molar-refractivity contribution in [2.45, 2.75) is 19.9 Å². The molecule has 3 aromatic rings. The Labute approximate surface area is 155 Å². The first kappa shape index (κ1) is 16.7. The summed E-state index contributed by atoms with van der Waals surface area (Å²) in [6.07, 6.45) is 0. The van der Waals surface area contributed by atoms with E-state index in [1.54, 1.807) is 29.5 Å².